The van der Waals surface area contributed by atoms with Crippen molar-refractivity contribution in [2.24, 2.45) is 0 Å². The molecular weight excluding hydrogens is 198 g/mol. The molecule has 0 atom stereocenters. The molecule has 0 amide bonds. The first-order chi connectivity index (χ1) is 7.24. The van der Waals surface area contributed by atoms with Crippen molar-refractivity contribution in [3.8, 4) is 5.75 Å². The van der Waals surface area contributed by atoms with E-state index < -0.39 is 5.97 Å². The molecule has 5 nitrogen and oxygen atoms in total. The van der Waals surface area contributed by atoms with Crippen molar-refractivity contribution in [2.45, 2.75) is 6.42 Å². The van der Waals surface area contributed by atoms with Crippen molar-refractivity contribution in [3.63, 3.8) is 0 Å². The van der Waals surface area contributed by atoms with Crippen molar-refractivity contribution in [3.05, 3.63) is 24.0 Å². The molecule has 0 radical (unpaired) electrons. The number of carboxylic acids is 1. The van der Waals surface area contributed by atoms with Crippen LogP contribution in [0.25, 0.3) is 0 Å². The van der Waals surface area contributed by atoms with Crippen LogP contribution in [0.5, 0.6) is 5.75 Å². The highest BCUT2D eigenvalue weighted by atomic mass is 16.5. The van der Waals surface area contributed by atoms with Gasteiger partial charge in [-0.15, -0.1) is 0 Å². The summed E-state index contributed by atoms with van der Waals surface area (Å²) in [6.07, 6.45) is 3.53. The van der Waals surface area contributed by atoms with E-state index >= 15 is 0 Å². The van der Waals surface area contributed by atoms with Gasteiger partial charge < -0.3 is 14.6 Å². The van der Waals surface area contributed by atoms with Crippen LogP contribution >= 0.6 is 0 Å². The minimum absolute atomic E-state index is 0.124. The van der Waals surface area contributed by atoms with Gasteiger partial charge in [-0.3, -0.25) is 4.98 Å². The summed E-state index contributed by atoms with van der Waals surface area (Å²) in [5.41, 5.74) is 0.124. The number of pyridine rings is 1. The fraction of sp³-hybridized carbons (Fsp3) is 0.400. The number of methoxy groups -OCH3 is 1. The maximum atomic E-state index is 10.6. The minimum atomic E-state index is -1.01. The molecule has 0 unspecified atom stereocenters. The van der Waals surface area contributed by atoms with Crippen LogP contribution in [0.3, 0.4) is 0 Å². The molecule has 0 fully saturated rings. The molecule has 1 N–H and O–H groups in total. The van der Waals surface area contributed by atoms with Gasteiger partial charge in [0.15, 0.2) is 0 Å². The van der Waals surface area contributed by atoms with Gasteiger partial charge in [0.2, 0.25) is 0 Å². The number of aromatic carboxylic acids is 1. The first-order valence-electron chi connectivity index (χ1n) is 4.54. The topological polar surface area (TPSA) is 68.7 Å². The average molecular weight is 211 g/mol. The van der Waals surface area contributed by atoms with Crippen molar-refractivity contribution in [1.82, 2.24) is 4.98 Å². The Kier molecular flexibility index (Phi) is 4.56. The minimum Gasteiger partial charge on any atom is -0.492 e. The van der Waals surface area contributed by atoms with E-state index in [1.165, 1.54) is 18.5 Å². The van der Waals surface area contributed by atoms with Crippen molar-refractivity contribution in [1.29, 1.82) is 0 Å². The SMILES string of the molecule is COCCCOc1cncc(C(=O)O)c1. The molecule has 5 heteroatoms. The summed E-state index contributed by atoms with van der Waals surface area (Å²) in [6.45, 7) is 1.10. The fourth-order valence-corrected chi connectivity index (χ4v) is 1.01. The van der Waals surface area contributed by atoms with Gasteiger partial charge in [0.1, 0.15) is 5.75 Å². The lowest BCUT2D eigenvalue weighted by Gasteiger charge is -2.05. The van der Waals surface area contributed by atoms with Crippen LogP contribution in [0.1, 0.15) is 16.8 Å². The van der Waals surface area contributed by atoms with E-state index in [-0.39, 0.29) is 5.56 Å². The smallest absolute Gasteiger partial charge is 0.337 e. The number of ether oxygens (including phenoxy) is 2. The highest BCUT2D eigenvalue weighted by molar-refractivity contribution is 5.87. The largest absolute Gasteiger partial charge is 0.492 e. The van der Waals surface area contributed by atoms with E-state index in [4.69, 9.17) is 14.6 Å². The molecular formula is C10H13NO4. The third-order valence-corrected chi connectivity index (χ3v) is 1.72. The molecule has 1 aromatic rings. The molecule has 0 spiro atoms. The maximum absolute atomic E-state index is 10.6. The van der Waals surface area contributed by atoms with E-state index in [2.05, 4.69) is 4.98 Å². The Hall–Kier alpha value is -1.62. The lowest BCUT2D eigenvalue weighted by Crippen LogP contribution is -2.03. The maximum Gasteiger partial charge on any atom is 0.337 e. The molecule has 1 aromatic heterocycles. The number of nitrogens with zero attached hydrogens (tertiary/aromatic N) is 1. The number of hydrogen-bond acceptors (Lipinski definition) is 4. The quantitative estimate of drug-likeness (QED) is 0.716. The van der Waals surface area contributed by atoms with Crippen LogP contribution in [0.4, 0.5) is 0 Å². The molecule has 0 bridgehead atoms. The summed E-state index contributed by atoms with van der Waals surface area (Å²) in [5.74, 6) is -0.546. The fourth-order valence-electron chi connectivity index (χ4n) is 1.01. The molecule has 1 heterocycles. The van der Waals surface area contributed by atoms with E-state index in [1.807, 2.05) is 0 Å². The monoisotopic (exact) mass is 211 g/mol. The van der Waals surface area contributed by atoms with Gasteiger partial charge in [-0.2, -0.15) is 0 Å². The summed E-state index contributed by atoms with van der Waals surface area (Å²) in [4.78, 5) is 14.4. The lowest BCUT2D eigenvalue weighted by molar-refractivity contribution is 0.0695. The second kappa shape index (κ2) is 5.98. The first-order valence-corrected chi connectivity index (χ1v) is 4.54. The summed E-state index contributed by atoms with van der Waals surface area (Å²) < 4.78 is 10.1. The molecule has 0 aliphatic carbocycles. The van der Waals surface area contributed by atoms with E-state index in [9.17, 15) is 4.79 Å². The zero-order valence-electron chi connectivity index (χ0n) is 8.47. The van der Waals surface area contributed by atoms with Crippen LogP contribution in [-0.2, 0) is 4.74 Å². The predicted octanol–water partition coefficient (Wildman–Crippen LogP) is 1.20. The Morgan fingerprint density at radius 1 is 1.47 bits per heavy atom. The van der Waals surface area contributed by atoms with Crippen LogP contribution < -0.4 is 4.74 Å². The summed E-state index contributed by atoms with van der Waals surface area (Å²) in [7, 11) is 1.62. The zero-order valence-corrected chi connectivity index (χ0v) is 8.47. The number of rotatable bonds is 6. The van der Waals surface area contributed by atoms with Gasteiger partial charge in [0, 0.05) is 26.3 Å². The number of carbonyl (C=O) groups is 1. The summed E-state index contributed by atoms with van der Waals surface area (Å²) >= 11 is 0. The number of hydrogen-bond donors (Lipinski definition) is 1. The van der Waals surface area contributed by atoms with Gasteiger partial charge in [-0.05, 0) is 6.07 Å². The van der Waals surface area contributed by atoms with E-state index in [0.29, 0.717) is 19.0 Å². The van der Waals surface area contributed by atoms with E-state index in [1.54, 1.807) is 7.11 Å². The second-order valence-electron chi connectivity index (χ2n) is 2.91. The summed E-state index contributed by atoms with van der Waals surface area (Å²) in [6, 6.07) is 1.45. The van der Waals surface area contributed by atoms with Gasteiger partial charge in [-0.1, -0.05) is 0 Å². The predicted molar refractivity (Wildman–Crippen MR) is 53.2 cm³/mol. The standard InChI is InChI=1S/C10H13NO4/c1-14-3-2-4-15-9-5-8(10(12)13)6-11-7-9/h5-7H,2-4H2,1H3,(H,12,13). The van der Waals surface area contributed by atoms with Crippen LogP contribution in [0.15, 0.2) is 18.5 Å². The Morgan fingerprint density at radius 3 is 2.93 bits per heavy atom. The lowest BCUT2D eigenvalue weighted by atomic mass is 10.3. The highest BCUT2D eigenvalue weighted by Gasteiger charge is 2.04. The molecule has 15 heavy (non-hydrogen) atoms. The van der Waals surface area contributed by atoms with Gasteiger partial charge in [0.25, 0.3) is 0 Å². The molecule has 0 saturated heterocycles. The summed E-state index contributed by atoms with van der Waals surface area (Å²) in [5, 5.41) is 8.70. The molecule has 82 valence electrons. The second-order valence-corrected chi connectivity index (χ2v) is 2.91. The van der Waals surface area contributed by atoms with Crippen LogP contribution in [0.2, 0.25) is 0 Å². The molecule has 0 aliphatic heterocycles. The third kappa shape index (κ3) is 3.95. The van der Waals surface area contributed by atoms with E-state index in [0.717, 1.165) is 6.42 Å². The van der Waals surface area contributed by atoms with Crippen LogP contribution in [-0.4, -0.2) is 36.4 Å². The zero-order chi connectivity index (χ0) is 11.1. The first kappa shape index (κ1) is 11.5. The van der Waals surface area contributed by atoms with Crippen LogP contribution in [0, 0.1) is 0 Å². The Balaban J connectivity index is 2.47. The van der Waals surface area contributed by atoms with Gasteiger partial charge in [0.05, 0.1) is 18.4 Å². The molecule has 0 aromatic carbocycles. The average Bonchev–Trinajstić information content (AvgIpc) is 2.25. The number of carboxylic acid groups (broad SMARTS) is 1. The van der Waals surface area contributed by atoms with Crippen molar-refractivity contribution >= 4 is 5.97 Å². The van der Waals surface area contributed by atoms with Gasteiger partial charge in [-0.25, -0.2) is 4.79 Å². The molecule has 1 rings (SSSR count). The van der Waals surface area contributed by atoms with Crippen molar-refractivity contribution < 1.29 is 19.4 Å². The third-order valence-electron chi connectivity index (χ3n) is 1.72. The molecule has 0 saturated carbocycles. The van der Waals surface area contributed by atoms with Gasteiger partial charge >= 0.3 is 5.97 Å². The molecule has 0 aliphatic rings. The highest BCUT2D eigenvalue weighted by Crippen LogP contribution is 2.11. The van der Waals surface area contributed by atoms with Crippen molar-refractivity contribution in [2.75, 3.05) is 20.3 Å². The normalized spacial score (nSPS) is 9.93. The Morgan fingerprint density at radius 2 is 2.27 bits per heavy atom. The Bertz CT molecular complexity index is 327. The number of aromatic nitrogens is 1. The Labute approximate surface area is 87.7 Å².